The number of carbonyl (C=O) groups excluding carboxylic acids is 1. The van der Waals surface area contributed by atoms with E-state index < -0.39 is 11.0 Å². The summed E-state index contributed by atoms with van der Waals surface area (Å²) in [6, 6.07) is 12.0. The molecule has 1 N–H and O–H groups in total. The number of hydrogen-bond acceptors (Lipinski definition) is 6. The molecule has 1 spiro atoms. The molecule has 2 aliphatic heterocycles. The van der Waals surface area contributed by atoms with E-state index in [1.807, 2.05) is 25.1 Å². The molecule has 2 bridgehead atoms. The Bertz CT molecular complexity index is 1420. The highest BCUT2D eigenvalue weighted by Gasteiger charge is 2.44. The molecule has 1 fully saturated rings. The van der Waals surface area contributed by atoms with Crippen LogP contribution in [0.3, 0.4) is 0 Å². The molecule has 6 rings (SSSR count). The molecule has 2 aromatic rings. The van der Waals surface area contributed by atoms with Gasteiger partial charge in [-0.25, -0.2) is 4.21 Å². The van der Waals surface area contributed by atoms with Gasteiger partial charge in [0, 0.05) is 36.2 Å². The summed E-state index contributed by atoms with van der Waals surface area (Å²) in [5.41, 5.74) is 3.85. The van der Waals surface area contributed by atoms with Gasteiger partial charge in [-0.15, -0.1) is 0 Å². The second-order valence-electron chi connectivity index (χ2n) is 13.2. The summed E-state index contributed by atoms with van der Waals surface area (Å²) in [5.74, 6) is 1.39. The molecule has 0 saturated heterocycles. The molecule has 2 heterocycles. The second kappa shape index (κ2) is 13.5. The molecule has 9 heteroatoms. The van der Waals surface area contributed by atoms with Crippen LogP contribution < -0.4 is 14.4 Å². The van der Waals surface area contributed by atoms with Crippen molar-refractivity contribution in [1.82, 2.24) is 4.72 Å². The van der Waals surface area contributed by atoms with Gasteiger partial charge in [-0.1, -0.05) is 36.7 Å². The zero-order valence-electron chi connectivity index (χ0n) is 26.1. The number of anilines is 1. The smallest absolute Gasteiger partial charge is 0.263 e. The molecule has 238 valence electrons. The lowest BCUT2D eigenvalue weighted by molar-refractivity contribution is -0.0309. The third kappa shape index (κ3) is 6.46. The molecule has 1 amide bonds. The van der Waals surface area contributed by atoms with E-state index in [9.17, 15) is 9.00 Å². The molecule has 2 aliphatic carbocycles. The van der Waals surface area contributed by atoms with Crippen molar-refractivity contribution in [2.75, 3.05) is 44.9 Å². The minimum Gasteiger partial charge on any atom is -0.490 e. The number of nitrogens with zero attached hydrogens (tertiary/aromatic N) is 1. The molecular weight excluding hydrogens is 596 g/mol. The van der Waals surface area contributed by atoms with E-state index in [0.717, 1.165) is 68.1 Å². The highest BCUT2D eigenvalue weighted by Crippen LogP contribution is 2.47. The first-order chi connectivity index (χ1) is 21.3. The van der Waals surface area contributed by atoms with Gasteiger partial charge < -0.3 is 19.1 Å². The van der Waals surface area contributed by atoms with Crippen LogP contribution in [0.1, 0.15) is 67.4 Å². The zero-order chi connectivity index (χ0) is 30.8. The van der Waals surface area contributed by atoms with Crippen molar-refractivity contribution in [3.63, 3.8) is 0 Å². The van der Waals surface area contributed by atoms with Crippen molar-refractivity contribution >= 4 is 34.2 Å². The van der Waals surface area contributed by atoms with Crippen molar-refractivity contribution in [3.05, 3.63) is 70.3 Å². The van der Waals surface area contributed by atoms with Crippen LogP contribution in [-0.2, 0) is 32.3 Å². The number of fused-ring (bicyclic) bond motifs is 4. The number of methoxy groups -OCH3 is 1. The summed E-state index contributed by atoms with van der Waals surface area (Å²) in [6.07, 6.45) is 10.5. The number of carbonyl (C=O) groups is 1. The van der Waals surface area contributed by atoms with Crippen molar-refractivity contribution in [2.45, 2.75) is 69.1 Å². The summed E-state index contributed by atoms with van der Waals surface area (Å²) in [4.78, 5) is 15.9. The van der Waals surface area contributed by atoms with E-state index in [0.29, 0.717) is 37.2 Å². The lowest BCUT2D eigenvalue weighted by Gasteiger charge is -2.46. The first-order valence-corrected chi connectivity index (χ1v) is 17.7. The third-order valence-electron chi connectivity index (χ3n) is 10.4. The summed E-state index contributed by atoms with van der Waals surface area (Å²) >= 11 is 6.44. The molecule has 0 aromatic heterocycles. The van der Waals surface area contributed by atoms with Gasteiger partial charge in [-0.3, -0.25) is 9.52 Å². The first kappa shape index (κ1) is 31.6. The molecule has 0 radical (unpaired) electrons. The third-order valence-corrected chi connectivity index (χ3v) is 12.2. The number of aryl methyl sites for hydroxylation is 1. The molecule has 44 heavy (non-hydrogen) atoms. The predicted octanol–water partition coefficient (Wildman–Crippen LogP) is 6.25. The number of nitrogens with one attached hydrogen (secondary N) is 1. The van der Waals surface area contributed by atoms with Gasteiger partial charge in [0.2, 0.25) is 0 Å². The van der Waals surface area contributed by atoms with Crippen LogP contribution in [0.15, 0.2) is 48.6 Å². The number of benzene rings is 2. The van der Waals surface area contributed by atoms with Crippen LogP contribution in [0.25, 0.3) is 0 Å². The maximum Gasteiger partial charge on any atom is 0.263 e. The first-order valence-electron chi connectivity index (χ1n) is 16.1. The normalized spacial score (nSPS) is 32.8. The minimum atomic E-state index is -1.52. The Morgan fingerprint density at radius 2 is 2.02 bits per heavy atom. The number of allylic oxidation sites excluding steroid dienone is 1. The highest BCUT2D eigenvalue weighted by molar-refractivity contribution is 7.84. The molecular formula is C35H45ClN2O5S. The average Bonchev–Trinajstić information content (AvgIpc) is 3.15. The largest absolute Gasteiger partial charge is 0.490 e. The van der Waals surface area contributed by atoms with Crippen LogP contribution in [-0.4, -0.2) is 61.5 Å². The zero-order valence-corrected chi connectivity index (χ0v) is 27.6. The number of ether oxygens (including phenoxy) is 3. The topological polar surface area (TPSA) is 77.1 Å². The Hall–Kier alpha value is -2.39. The maximum absolute atomic E-state index is 13.4. The molecule has 4 aliphatic rings. The Kier molecular flexibility index (Phi) is 9.72. The van der Waals surface area contributed by atoms with Gasteiger partial charge in [-0.2, -0.15) is 0 Å². The lowest BCUT2D eigenvalue weighted by Crippen LogP contribution is -2.49. The number of amides is 1. The van der Waals surface area contributed by atoms with Crippen molar-refractivity contribution in [1.29, 1.82) is 0 Å². The summed E-state index contributed by atoms with van der Waals surface area (Å²) < 4.78 is 34.4. The fourth-order valence-electron chi connectivity index (χ4n) is 7.45. The van der Waals surface area contributed by atoms with Crippen LogP contribution in [0.4, 0.5) is 5.69 Å². The summed E-state index contributed by atoms with van der Waals surface area (Å²) in [6.45, 7) is 7.31. The Labute approximate surface area is 269 Å². The van der Waals surface area contributed by atoms with Gasteiger partial charge in [0.05, 0.1) is 36.9 Å². The standard InChI is InChI=1S/C35H45ClN2O5S/c1-23-6-4-8-32(42-17-16-41-3)29-12-9-27(29)20-38-21-35(15-5-7-25-18-28(36)11-13-30(25)35)22-43-33-14-10-26(19-31(33)38)34(39)37-44(40)24(23)2/h4,8,10-11,13-14,18-19,23-24,27,29,32H,5-7,9,12,15-17,20-22H2,1-3H3,(H,37,39)/b8-4+/t23-,24?,27?,29?,32?,35?,44?/m0/s1. The van der Waals surface area contributed by atoms with Crippen LogP contribution in [0.5, 0.6) is 5.75 Å². The van der Waals surface area contributed by atoms with E-state index in [1.54, 1.807) is 13.2 Å². The van der Waals surface area contributed by atoms with Crippen molar-refractivity contribution < 1.29 is 23.2 Å². The predicted molar refractivity (Wildman–Crippen MR) is 176 cm³/mol. The number of halogens is 1. The number of hydrogen-bond donors (Lipinski definition) is 1. The Morgan fingerprint density at radius 3 is 2.82 bits per heavy atom. The molecule has 6 unspecified atom stereocenters. The Balaban J connectivity index is 1.39. The summed E-state index contributed by atoms with van der Waals surface area (Å²) in [7, 11) is 0.179. The van der Waals surface area contributed by atoms with Gasteiger partial charge in [0.25, 0.3) is 5.91 Å². The average molecular weight is 641 g/mol. The monoisotopic (exact) mass is 640 g/mol. The van der Waals surface area contributed by atoms with E-state index in [2.05, 4.69) is 40.8 Å². The maximum atomic E-state index is 13.4. The Morgan fingerprint density at radius 1 is 1.16 bits per heavy atom. The van der Waals surface area contributed by atoms with Crippen LogP contribution in [0.2, 0.25) is 5.02 Å². The van der Waals surface area contributed by atoms with Crippen molar-refractivity contribution in [3.8, 4) is 5.75 Å². The molecule has 1 saturated carbocycles. The lowest BCUT2D eigenvalue weighted by atomic mass is 9.68. The van der Waals surface area contributed by atoms with Gasteiger partial charge in [0.1, 0.15) is 16.7 Å². The van der Waals surface area contributed by atoms with Crippen molar-refractivity contribution in [2.24, 2.45) is 17.8 Å². The second-order valence-corrected chi connectivity index (χ2v) is 15.2. The van der Waals surface area contributed by atoms with E-state index in [1.165, 1.54) is 11.1 Å². The molecule has 2 aromatic carbocycles. The van der Waals surface area contributed by atoms with Gasteiger partial charge in [0.15, 0.2) is 0 Å². The van der Waals surface area contributed by atoms with Crippen LogP contribution >= 0.6 is 11.6 Å². The minimum absolute atomic E-state index is 0.00921. The molecule has 7 atom stereocenters. The summed E-state index contributed by atoms with van der Waals surface area (Å²) in [5, 5.41) is 0.562. The molecule has 7 nitrogen and oxygen atoms in total. The quantitative estimate of drug-likeness (QED) is 0.315. The van der Waals surface area contributed by atoms with E-state index >= 15 is 0 Å². The van der Waals surface area contributed by atoms with Gasteiger partial charge in [-0.05, 0) is 105 Å². The van der Waals surface area contributed by atoms with E-state index in [-0.39, 0.29) is 28.6 Å². The highest BCUT2D eigenvalue weighted by atomic mass is 35.5. The SMILES string of the molecule is COCCOC1/C=C/C[C@H](C)C(C)S(=O)NC(=O)c2ccc3c(c2)N(CC2CCC21)CC1(CCCc2cc(Cl)ccc21)CO3. The fraction of sp³-hybridized carbons (Fsp3) is 0.571. The number of rotatable bonds is 4. The van der Waals surface area contributed by atoms with Crippen LogP contribution in [0, 0.1) is 17.8 Å². The fourth-order valence-corrected chi connectivity index (χ4v) is 8.67. The van der Waals surface area contributed by atoms with E-state index in [4.69, 9.17) is 25.8 Å². The van der Waals surface area contributed by atoms with Gasteiger partial charge >= 0.3 is 0 Å².